The van der Waals surface area contributed by atoms with Crippen molar-refractivity contribution in [3.05, 3.63) is 41.2 Å². The van der Waals surface area contributed by atoms with Gasteiger partial charge >= 0.3 is 5.97 Å². The van der Waals surface area contributed by atoms with Crippen molar-refractivity contribution >= 4 is 12.3 Å². The van der Waals surface area contributed by atoms with E-state index in [0.29, 0.717) is 29.8 Å². The zero-order chi connectivity index (χ0) is 15.9. The van der Waals surface area contributed by atoms with E-state index in [1.54, 1.807) is 24.3 Å². The first-order valence-electron chi connectivity index (χ1n) is 6.87. The fourth-order valence-electron chi connectivity index (χ4n) is 1.93. The van der Waals surface area contributed by atoms with Gasteiger partial charge in [0.05, 0.1) is 24.5 Å². The summed E-state index contributed by atoms with van der Waals surface area (Å²) in [5.74, 6) is -0.396. The summed E-state index contributed by atoms with van der Waals surface area (Å²) < 4.78 is 11.7. The highest BCUT2D eigenvalue weighted by Crippen LogP contribution is 2.15. The smallest absolute Gasteiger partial charge is 0.338 e. The molecule has 0 spiro atoms. The third kappa shape index (κ3) is 3.37. The molecule has 0 atom stereocenters. The van der Waals surface area contributed by atoms with Crippen LogP contribution in [0.5, 0.6) is 0 Å². The van der Waals surface area contributed by atoms with Gasteiger partial charge in [0, 0.05) is 7.11 Å². The van der Waals surface area contributed by atoms with Gasteiger partial charge in [-0.05, 0) is 24.6 Å². The summed E-state index contributed by atoms with van der Waals surface area (Å²) in [6.45, 7) is 2.49. The molecule has 0 aliphatic carbocycles. The second-order valence-corrected chi connectivity index (χ2v) is 4.57. The fraction of sp³-hybridized carbons (Fsp3) is 0.333. The number of ether oxygens (including phenoxy) is 2. The van der Waals surface area contributed by atoms with Crippen LogP contribution in [0.4, 0.5) is 0 Å². The highest BCUT2D eigenvalue weighted by atomic mass is 16.5. The predicted octanol–water partition coefficient (Wildman–Crippen LogP) is 1.79. The van der Waals surface area contributed by atoms with Gasteiger partial charge in [0.1, 0.15) is 5.69 Å². The second kappa shape index (κ2) is 7.46. The van der Waals surface area contributed by atoms with Crippen molar-refractivity contribution in [2.45, 2.75) is 20.0 Å². The molecule has 0 fully saturated rings. The van der Waals surface area contributed by atoms with Gasteiger partial charge in [-0.1, -0.05) is 18.2 Å². The van der Waals surface area contributed by atoms with Crippen LogP contribution in [0.15, 0.2) is 24.3 Å². The molecular weight excluding hydrogens is 286 g/mol. The van der Waals surface area contributed by atoms with Crippen molar-refractivity contribution in [2.24, 2.45) is 0 Å². The van der Waals surface area contributed by atoms with Gasteiger partial charge in [-0.3, -0.25) is 4.79 Å². The molecule has 0 radical (unpaired) electrons. The molecule has 1 aromatic heterocycles. The Hall–Kier alpha value is -2.54. The Kier molecular flexibility index (Phi) is 5.37. The first-order chi connectivity index (χ1) is 10.7. The summed E-state index contributed by atoms with van der Waals surface area (Å²) in [7, 11) is 1.52. The number of rotatable bonds is 7. The predicted molar refractivity (Wildman–Crippen MR) is 78.0 cm³/mol. The van der Waals surface area contributed by atoms with Crippen molar-refractivity contribution < 1.29 is 19.1 Å². The molecule has 2 aromatic rings. The maximum absolute atomic E-state index is 11.9. The average molecular weight is 303 g/mol. The summed E-state index contributed by atoms with van der Waals surface area (Å²) >= 11 is 0. The van der Waals surface area contributed by atoms with Crippen molar-refractivity contribution in [3.8, 4) is 5.69 Å². The number of benzene rings is 1. The van der Waals surface area contributed by atoms with Gasteiger partial charge in [0.15, 0.2) is 12.0 Å². The van der Waals surface area contributed by atoms with Gasteiger partial charge < -0.3 is 9.47 Å². The molecular formula is C15H17N3O4. The van der Waals surface area contributed by atoms with Crippen LogP contribution in [0.3, 0.4) is 0 Å². The largest absolute Gasteiger partial charge is 0.462 e. The zero-order valence-electron chi connectivity index (χ0n) is 12.5. The van der Waals surface area contributed by atoms with E-state index in [4.69, 9.17) is 9.47 Å². The van der Waals surface area contributed by atoms with Crippen molar-refractivity contribution in [2.75, 3.05) is 13.7 Å². The molecule has 0 N–H and O–H groups in total. The fourth-order valence-corrected chi connectivity index (χ4v) is 1.93. The van der Waals surface area contributed by atoms with Crippen molar-refractivity contribution in [3.63, 3.8) is 0 Å². The monoisotopic (exact) mass is 303 g/mol. The van der Waals surface area contributed by atoms with E-state index in [1.807, 2.05) is 6.92 Å². The highest BCUT2D eigenvalue weighted by molar-refractivity contribution is 5.90. The number of carbonyl (C=O) groups is 2. The first-order valence-corrected chi connectivity index (χ1v) is 6.87. The first kappa shape index (κ1) is 15.8. The van der Waals surface area contributed by atoms with Gasteiger partial charge in [0.2, 0.25) is 0 Å². The van der Waals surface area contributed by atoms with Crippen LogP contribution < -0.4 is 0 Å². The molecule has 0 saturated carbocycles. The van der Waals surface area contributed by atoms with Gasteiger partial charge in [0.25, 0.3) is 0 Å². The molecule has 7 nitrogen and oxygen atoms in total. The number of aromatic nitrogens is 3. The normalized spacial score (nSPS) is 10.5. The maximum Gasteiger partial charge on any atom is 0.338 e. The number of hydrogen-bond acceptors (Lipinski definition) is 6. The van der Waals surface area contributed by atoms with Gasteiger partial charge in [-0.2, -0.15) is 0 Å². The minimum atomic E-state index is -0.396. The molecule has 0 amide bonds. The van der Waals surface area contributed by atoms with Crippen LogP contribution in [0.25, 0.3) is 5.69 Å². The van der Waals surface area contributed by atoms with E-state index in [2.05, 4.69) is 10.3 Å². The van der Waals surface area contributed by atoms with Crippen LogP contribution in [0.2, 0.25) is 0 Å². The van der Waals surface area contributed by atoms with Crippen LogP contribution in [-0.4, -0.2) is 41.0 Å². The lowest BCUT2D eigenvalue weighted by atomic mass is 10.2. The Morgan fingerprint density at radius 1 is 1.41 bits per heavy atom. The molecule has 116 valence electrons. The lowest BCUT2D eigenvalue weighted by molar-refractivity contribution is 0.0505. The number of aldehydes is 1. The SMILES string of the molecule is CCCOC(=O)c1cccc(-n2nnc(C=O)c2COC)c1. The van der Waals surface area contributed by atoms with E-state index >= 15 is 0 Å². The minimum absolute atomic E-state index is 0.186. The third-order valence-corrected chi connectivity index (χ3v) is 2.95. The molecule has 0 aliphatic heterocycles. The molecule has 22 heavy (non-hydrogen) atoms. The van der Waals surface area contributed by atoms with Crippen LogP contribution in [0, 0.1) is 0 Å². The van der Waals surface area contributed by atoms with E-state index in [9.17, 15) is 9.59 Å². The lowest BCUT2D eigenvalue weighted by Crippen LogP contribution is -2.09. The second-order valence-electron chi connectivity index (χ2n) is 4.57. The number of esters is 1. The molecule has 0 saturated heterocycles. The zero-order valence-corrected chi connectivity index (χ0v) is 12.5. The molecule has 0 unspecified atom stereocenters. The molecule has 1 aromatic carbocycles. The Balaban J connectivity index is 2.35. The van der Waals surface area contributed by atoms with Gasteiger partial charge in [-0.15, -0.1) is 5.10 Å². The number of carbonyl (C=O) groups excluding carboxylic acids is 2. The Morgan fingerprint density at radius 3 is 2.91 bits per heavy atom. The number of nitrogens with zero attached hydrogens (tertiary/aromatic N) is 3. The summed E-state index contributed by atoms with van der Waals surface area (Å²) in [6, 6.07) is 6.78. The third-order valence-electron chi connectivity index (χ3n) is 2.95. The molecule has 0 bridgehead atoms. The quantitative estimate of drug-likeness (QED) is 0.573. The molecule has 1 heterocycles. The Labute approximate surface area is 127 Å². The summed E-state index contributed by atoms with van der Waals surface area (Å²) in [5, 5.41) is 7.74. The molecule has 2 rings (SSSR count). The van der Waals surface area contributed by atoms with E-state index in [-0.39, 0.29) is 12.3 Å². The van der Waals surface area contributed by atoms with Crippen LogP contribution >= 0.6 is 0 Å². The number of hydrogen-bond donors (Lipinski definition) is 0. The molecule has 7 heteroatoms. The summed E-state index contributed by atoms with van der Waals surface area (Å²) in [4.78, 5) is 22.9. The van der Waals surface area contributed by atoms with Gasteiger partial charge in [-0.25, -0.2) is 9.48 Å². The topological polar surface area (TPSA) is 83.3 Å². The highest BCUT2D eigenvalue weighted by Gasteiger charge is 2.15. The standard InChI is InChI=1S/C15H17N3O4/c1-3-7-22-15(20)11-5-4-6-12(8-11)18-14(10-21-2)13(9-19)16-17-18/h4-6,8-9H,3,7,10H2,1-2H3. The van der Waals surface area contributed by atoms with E-state index in [1.165, 1.54) is 11.8 Å². The number of methoxy groups -OCH3 is 1. The van der Waals surface area contributed by atoms with E-state index in [0.717, 1.165) is 6.42 Å². The Morgan fingerprint density at radius 2 is 2.23 bits per heavy atom. The lowest BCUT2D eigenvalue weighted by Gasteiger charge is -2.08. The van der Waals surface area contributed by atoms with Crippen molar-refractivity contribution in [1.82, 2.24) is 15.0 Å². The molecule has 0 aliphatic rings. The summed E-state index contributed by atoms with van der Waals surface area (Å²) in [6.07, 6.45) is 1.38. The van der Waals surface area contributed by atoms with E-state index < -0.39 is 5.97 Å². The Bertz CT molecular complexity index is 667. The van der Waals surface area contributed by atoms with Crippen molar-refractivity contribution in [1.29, 1.82) is 0 Å². The average Bonchev–Trinajstić information content (AvgIpc) is 2.96. The minimum Gasteiger partial charge on any atom is -0.462 e. The van der Waals surface area contributed by atoms with Crippen LogP contribution in [-0.2, 0) is 16.1 Å². The van der Waals surface area contributed by atoms with Crippen LogP contribution in [0.1, 0.15) is 39.9 Å². The maximum atomic E-state index is 11.9. The summed E-state index contributed by atoms with van der Waals surface area (Å²) in [5.41, 5.74) is 1.76.